The minimum atomic E-state index is -0.600. The van der Waals surface area contributed by atoms with Gasteiger partial charge in [0.25, 0.3) is 5.91 Å². The predicted molar refractivity (Wildman–Crippen MR) is 96.5 cm³/mol. The topological polar surface area (TPSA) is 106 Å². The van der Waals surface area contributed by atoms with Crippen LogP contribution in [-0.2, 0) is 0 Å². The fourth-order valence-corrected chi connectivity index (χ4v) is 2.37. The number of nitrogens with two attached hydrogens (primary N) is 1. The summed E-state index contributed by atoms with van der Waals surface area (Å²) >= 11 is 0. The van der Waals surface area contributed by atoms with Crippen LogP contribution in [0.1, 0.15) is 28.9 Å². The highest BCUT2D eigenvalue weighted by atomic mass is 19.1. The second-order valence-electron chi connectivity index (χ2n) is 5.59. The summed E-state index contributed by atoms with van der Waals surface area (Å²) in [4.78, 5) is 24.2. The van der Waals surface area contributed by atoms with Crippen LogP contribution in [0.15, 0.2) is 55.0 Å². The van der Waals surface area contributed by atoms with E-state index in [1.807, 2.05) is 6.92 Å². The molecule has 3 rings (SSSR count). The van der Waals surface area contributed by atoms with E-state index in [2.05, 4.69) is 25.6 Å². The second kappa shape index (κ2) is 7.56. The van der Waals surface area contributed by atoms with E-state index in [9.17, 15) is 9.18 Å². The molecule has 132 valence electrons. The highest BCUT2D eigenvalue weighted by molar-refractivity contribution is 5.98. The highest BCUT2D eigenvalue weighted by Crippen LogP contribution is 2.23. The molecule has 0 aliphatic heterocycles. The summed E-state index contributed by atoms with van der Waals surface area (Å²) in [5.41, 5.74) is 6.54. The van der Waals surface area contributed by atoms with Crippen molar-refractivity contribution < 1.29 is 9.18 Å². The van der Waals surface area contributed by atoms with Crippen molar-refractivity contribution in [2.75, 3.05) is 10.6 Å². The van der Waals surface area contributed by atoms with Gasteiger partial charge in [-0.25, -0.2) is 14.4 Å². The van der Waals surface area contributed by atoms with Gasteiger partial charge in [-0.05, 0) is 36.8 Å². The Kier molecular flexibility index (Phi) is 5.02. The molecule has 7 nitrogen and oxygen atoms in total. The third-order valence-corrected chi connectivity index (χ3v) is 3.70. The van der Waals surface area contributed by atoms with E-state index < -0.39 is 5.91 Å². The lowest BCUT2D eigenvalue weighted by Gasteiger charge is -2.17. The Balaban J connectivity index is 1.86. The van der Waals surface area contributed by atoms with Crippen LogP contribution in [0.2, 0.25) is 0 Å². The maximum absolute atomic E-state index is 13.1. The fraction of sp³-hybridized carbons (Fsp3) is 0.111. The summed E-state index contributed by atoms with van der Waals surface area (Å²) in [5.74, 6) is 0.404. The minimum absolute atomic E-state index is 0.215. The average Bonchev–Trinajstić information content (AvgIpc) is 2.63. The molecule has 8 heteroatoms. The number of aromatic nitrogens is 3. The van der Waals surface area contributed by atoms with E-state index in [0.29, 0.717) is 17.5 Å². The first kappa shape index (κ1) is 17.3. The number of rotatable bonds is 6. The molecule has 0 saturated heterocycles. The Hall–Kier alpha value is -3.55. The number of halogens is 1. The molecule has 1 unspecified atom stereocenters. The molecule has 0 fully saturated rings. The van der Waals surface area contributed by atoms with E-state index in [1.165, 1.54) is 12.1 Å². The van der Waals surface area contributed by atoms with E-state index >= 15 is 0 Å². The first-order chi connectivity index (χ1) is 12.5. The van der Waals surface area contributed by atoms with Crippen LogP contribution >= 0.6 is 0 Å². The van der Waals surface area contributed by atoms with E-state index in [1.54, 1.807) is 42.9 Å². The third kappa shape index (κ3) is 4.10. The van der Waals surface area contributed by atoms with Gasteiger partial charge in [-0.15, -0.1) is 0 Å². The third-order valence-electron chi connectivity index (χ3n) is 3.70. The number of carbonyl (C=O) groups is 1. The number of hydrogen-bond acceptors (Lipinski definition) is 6. The number of nitrogens with zero attached hydrogens (tertiary/aromatic N) is 3. The summed E-state index contributed by atoms with van der Waals surface area (Å²) in [5, 5.41) is 6.15. The molecule has 26 heavy (non-hydrogen) atoms. The van der Waals surface area contributed by atoms with Gasteiger partial charge in [-0.3, -0.25) is 9.78 Å². The van der Waals surface area contributed by atoms with Gasteiger partial charge in [-0.2, -0.15) is 0 Å². The number of nitrogens with one attached hydrogen (secondary N) is 2. The van der Waals surface area contributed by atoms with Crippen molar-refractivity contribution in [2.45, 2.75) is 13.0 Å². The molecule has 0 saturated carbocycles. The zero-order valence-corrected chi connectivity index (χ0v) is 14.0. The van der Waals surface area contributed by atoms with Gasteiger partial charge < -0.3 is 16.4 Å². The predicted octanol–water partition coefficient (Wildman–Crippen LogP) is 3.03. The number of anilines is 3. The van der Waals surface area contributed by atoms with Gasteiger partial charge in [-0.1, -0.05) is 12.1 Å². The lowest BCUT2D eigenvalue weighted by Crippen LogP contribution is -2.17. The molecule has 0 radical (unpaired) electrons. The molecular formula is C18H17FN6O. The average molecular weight is 352 g/mol. The minimum Gasteiger partial charge on any atom is -0.365 e. The molecule has 3 aromatic rings. The lowest BCUT2D eigenvalue weighted by atomic mass is 10.1. The molecule has 0 bridgehead atoms. The molecule has 0 aliphatic carbocycles. The molecule has 1 atom stereocenters. The van der Waals surface area contributed by atoms with Crippen LogP contribution in [0.3, 0.4) is 0 Å². The van der Waals surface area contributed by atoms with Crippen molar-refractivity contribution in [3.8, 4) is 0 Å². The fourth-order valence-electron chi connectivity index (χ4n) is 2.37. The summed E-state index contributed by atoms with van der Waals surface area (Å²) in [6.07, 6.45) is 4.67. The van der Waals surface area contributed by atoms with Crippen LogP contribution in [0.25, 0.3) is 0 Å². The molecule has 2 heterocycles. The van der Waals surface area contributed by atoms with E-state index in [-0.39, 0.29) is 17.4 Å². The largest absolute Gasteiger partial charge is 0.365 e. The summed E-state index contributed by atoms with van der Waals surface area (Å²) < 4.78 is 13.1. The van der Waals surface area contributed by atoms with Crippen molar-refractivity contribution in [3.63, 3.8) is 0 Å². The van der Waals surface area contributed by atoms with Crippen LogP contribution in [-0.4, -0.2) is 20.9 Å². The first-order valence-electron chi connectivity index (χ1n) is 7.89. The van der Waals surface area contributed by atoms with E-state index in [0.717, 1.165) is 5.56 Å². The van der Waals surface area contributed by atoms with Gasteiger partial charge in [0.2, 0.25) is 0 Å². The zero-order chi connectivity index (χ0) is 18.5. The molecule has 1 aromatic carbocycles. The lowest BCUT2D eigenvalue weighted by molar-refractivity contribution is 0.100. The zero-order valence-electron chi connectivity index (χ0n) is 14.0. The molecular weight excluding hydrogens is 335 g/mol. The maximum Gasteiger partial charge on any atom is 0.252 e. The van der Waals surface area contributed by atoms with E-state index in [4.69, 9.17) is 5.73 Å². The van der Waals surface area contributed by atoms with Crippen LogP contribution in [0, 0.1) is 5.82 Å². The van der Waals surface area contributed by atoms with Crippen LogP contribution in [0.4, 0.5) is 21.8 Å². The molecule has 0 aliphatic rings. The standard InChI is InChI=1S/C18H17FN6O/c1-11(12-2-4-13(19)5-3-12)23-18-14(17(20)26)6-7-15(25-18)24-16-10-21-8-9-22-16/h2-11H,1H3,(H2,20,26)(H2,22,23,24,25). The number of benzene rings is 1. The van der Waals surface area contributed by atoms with Crippen molar-refractivity contribution in [2.24, 2.45) is 5.73 Å². The van der Waals surface area contributed by atoms with Crippen molar-refractivity contribution in [1.82, 2.24) is 15.0 Å². The van der Waals surface area contributed by atoms with Gasteiger partial charge >= 0.3 is 0 Å². The SMILES string of the molecule is CC(Nc1nc(Nc2cnccn2)ccc1C(N)=O)c1ccc(F)cc1. The van der Waals surface area contributed by atoms with Crippen LogP contribution < -0.4 is 16.4 Å². The number of primary amides is 1. The quantitative estimate of drug-likeness (QED) is 0.630. The van der Waals surface area contributed by atoms with Crippen LogP contribution in [0.5, 0.6) is 0 Å². The first-order valence-corrected chi connectivity index (χ1v) is 7.89. The smallest absolute Gasteiger partial charge is 0.252 e. The Bertz CT molecular complexity index is 901. The summed E-state index contributed by atoms with van der Waals surface area (Å²) in [6, 6.07) is 9.07. The monoisotopic (exact) mass is 352 g/mol. The van der Waals surface area contributed by atoms with Crippen molar-refractivity contribution >= 4 is 23.4 Å². The summed E-state index contributed by atoms with van der Waals surface area (Å²) in [6.45, 7) is 1.88. The molecule has 1 amide bonds. The summed E-state index contributed by atoms with van der Waals surface area (Å²) in [7, 11) is 0. The molecule has 0 spiro atoms. The molecule has 2 aromatic heterocycles. The number of hydrogen-bond donors (Lipinski definition) is 3. The van der Waals surface area contributed by atoms with Gasteiger partial charge in [0, 0.05) is 18.4 Å². The van der Waals surface area contributed by atoms with Gasteiger partial charge in [0.05, 0.1) is 11.8 Å². The highest BCUT2D eigenvalue weighted by Gasteiger charge is 2.14. The number of carbonyl (C=O) groups excluding carboxylic acids is 1. The maximum atomic E-state index is 13.1. The number of pyridine rings is 1. The Labute approximate surface area is 149 Å². The van der Waals surface area contributed by atoms with Crippen molar-refractivity contribution in [1.29, 1.82) is 0 Å². The normalized spacial score (nSPS) is 11.6. The second-order valence-corrected chi connectivity index (χ2v) is 5.59. The Morgan fingerprint density at radius 1 is 1.12 bits per heavy atom. The van der Waals surface area contributed by atoms with Gasteiger partial charge in [0.1, 0.15) is 23.3 Å². The Morgan fingerprint density at radius 3 is 2.54 bits per heavy atom. The van der Waals surface area contributed by atoms with Crippen molar-refractivity contribution in [3.05, 3.63) is 71.9 Å². The number of amides is 1. The molecule has 4 N–H and O–H groups in total. The Morgan fingerprint density at radius 2 is 1.88 bits per heavy atom. The van der Waals surface area contributed by atoms with Gasteiger partial charge in [0.15, 0.2) is 0 Å².